The van der Waals surface area contributed by atoms with Gasteiger partial charge in [0.15, 0.2) is 6.10 Å². The fourth-order valence-corrected chi connectivity index (χ4v) is 7.46. The predicted molar refractivity (Wildman–Crippen MR) is 238 cm³/mol. The molecule has 0 fully saturated rings. The van der Waals surface area contributed by atoms with Gasteiger partial charge in [0, 0.05) is 19.3 Å². The predicted octanol–water partition coefficient (Wildman–Crippen LogP) is 15.8. The molecule has 0 N–H and O–H groups in total. The van der Waals surface area contributed by atoms with Crippen LogP contribution < -0.4 is 0 Å². The topological polar surface area (TPSA) is 78.9 Å². The second kappa shape index (κ2) is 43.0. The van der Waals surface area contributed by atoms with Crippen molar-refractivity contribution in [1.29, 1.82) is 0 Å². The van der Waals surface area contributed by atoms with Gasteiger partial charge in [0.2, 0.25) is 0 Å². The molecule has 0 aromatic carbocycles. The van der Waals surface area contributed by atoms with E-state index in [-0.39, 0.29) is 31.1 Å². The van der Waals surface area contributed by atoms with Crippen molar-refractivity contribution in [2.24, 2.45) is 11.8 Å². The summed E-state index contributed by atoms with van der Waals surface area (Å²) in [7, 11) is 0. The molecule has 0 radical (unpaired) electrons. The number of hydrogen-bond acceptors (Lipinski definition) is 6. The van der Waals surface area contributed by atoms with Gasteiger partial charge in [0.25, 0.3) is 0 Å². The Morgan fingerprint density at radius 1 is 0.339 bits per heavy atom. The van der Waals surface area contributed by atoms with Gasteiger partial charge in [-0.05, 0) is 31.1 Å². The van der Waals surface area contributed by atoms with Crippen molar-refractivity contribution in [2.45, 2.75) is 278 Å². The lowest BCUT2D eigenvalue weighted by molar-refractivity contribution is -0.167. The van der Waals surface area contributed by atoms with Crippen LogP contribution in [0.25, 0.3) is 0 Å². The molecule has 0 aromatic rings. The number of unbranched alkanes of at least 4 members (excludes halogenated alkanes) is 29. The van der Waals surface area contributed by atoms with E-state index >= 15 is 0 Å². The quantitative estimate of drug-likeness (QED) is 0.0347. The van der Waals surface area contributed by atoms with E-state index in [4.69, 9.17) is 14.2 Å². The highest BCUT2D eigenvalue weighted by Crippen LogP contribution is 2.17. The van der Waals surface area contributed by atoms with Gasteiger partial charge in [-0.15, -0.1) is 0 Å². The molecule has 0 heterocycles. The van der Waals surface area contributed by atoms with E-state index in [1.807, 2.05) is 0 Å². The van der Waals surface area contributed by atoms with Crippen molar-refractivity contribution >= 4 is 17.9 Å². The smallest absolute Gasteiger partial charge is 0.306 e. The Bertz CT molecular complexity index is 854. The van der Waals surface area contributed by atoms with Crippen molar-refractivity contribution in [2.75, 3.05) is 13.2 Å². The van der Waals surface area contributed by atoms with Crippen LogP contribution in [0.4, 0.5) is 0 Å². The largest absolute Gasteiger partial charge is 0.462 e. The Balaban J connectivity index is 4.26. The van der Waals surface area contributed by atoms with Crippen LogP contribution in [0, 0.1) is 11.8 Å². The van der Waals surface area contributed by atoms with Crippen molar-refractivity contribution in [3.63, 3.8) is 0 Å². The van der Waals surface area contributed by atoms with Crippen LogP contribution in [0.15, 0.2) is 0 Å². The molecule has 0 saturated heterocycles. The maximum absolute atomic E-state index is 12.7. The van der Waals surface area contributed by atoms with Crippen LogP contribution >= 0.6 is 0 Å². The summed E-state index contributed by atoms with van der Waals surface area (Å²) in [5.74, 6) is 0.787. The van der Waals surface area contributed by atoms with Crippen molar-refractivity contribution in [3.8, 4) is 0 Å². The van der Waals surface area contributed by atoms with E-state index in [0.29, 0.717) is 19.3 Å². The van der Waals surface area contributed by atoms with Gasteiger partial charge < -0.3 is 14.2 Å². The summed E-state index contributed by atoms with van der Waals surface area (Å²) < 4.78 is 16.7. The van der Waals surface area contributed by atoms with E-state index in [2.05, 4.69) is 34.6 Å². The molecule has 6 heteroatoms. The molecule has 1 atom stereocenters. The molecule has 0 bridgehead atoms. The zero-order valence-electron chi connectivity index (χ0n) is 38.3. The van der Waals surface area contributed by atoms with Gasteiger partial charge >= 0.3 is 17.9 Å². The number of esters is 3. The fourth-order valence-electron chi connectivity index (χ4n) is 7.46. The molecule has 0 rings (SSSR count). The third kappa shape index (κ3) is 43.5. The Morgan fingerprint density at radius 2 is 0.589 bits per heavy atom. The van der Waals surface area contributed by atoms with Gasteiger partial charge in [-0.3, -0.25) is 14.4 Å². The standard InChI is InChI=1S/C50H96O6/c1-6-7-8-9-10-11-19-27-32-37-42-50(53)56-47(44-55-49(52)41-36-31-26-22-21-24-29-34-39-46(4)5)43-54-48(51)40-35-30-25-20-17-15-13-12-14-16-18-23-28-33-38-45(2)3/h45-47H,6-44H2,1-5H3/t47-/m1/s1. The van der Waals surface area contributed by atoms with Gasteiger partial charge in [-0.2, -0.15) is 0 Å². The molecule has 0 aliphatic rings. The highest BCUT2D eigenvalue weighted by atomic mass is 16.6. The molecule has 0 aliphatic heterocycles. The highest BCUT2D eigenvalue weighted by Gasteiger charge is 2.19. The first-order valence-corrected chi connectivity index (χ1v) is 24.7. The van der Waals surface area contributed by atoms with Crippen LogP contribution in [-0.4, -0.2) is 37.2 Å². The van der Waals surface area contributed by atoms with Gasteiger partial charge in [0.05, 0.1) is 0 Å². The minimum Gasteiger partial charge on any atom is -0.462 e. The normalized spacial score (nSPS) is 12.1. The number of rotatable bonds is 44. The van der Waals surface area contributed by atoms with E-state index in [1.165, 1.54) is 161 Å². The van der Waals surface area contributed by atoms with Crippen molar-refractivity contribution in [3.05, 3.63) is 0 Å². The second-order valence-electron chi connectivity index (χ2n) is 18.1. The number of hydrogen-bond donors (Lipinski definition) is 0. The first-order chi connectivity index (χ1) is 27.2. The Labute approximate surface area is 348 Å². The molecule has 0 amide bonds. The first kappa shape index (κ1) is 54.4. The molecule has 0 unspecified atom stereocenters. The summed E-state index contributed by atoms with van der Waals surface area (Å²) in [5, 5.41) is 0. The maximum atomic E-state index is 12.7. The summed E-state index contributed by atoms with van der Waals surface area (Å²) in [6, 6.07) is 0. The summed E-state index contributed by atoms with van der Waals surface area (Å²) in [5.41, 5.74) is 0. The molecule has 0 aliphatic carbocycles. The fraction of sp³-hybridized carbons (Fsp3) is 0.940. The van der Waals surface area contributed by atoms with E-state index < -0.39 is 6.10 Å². The zero-order valence-corrected chi connectivity index (χ0v) is 38.3. The average molecular weight is 793 g/mol. The number of ether oxygens (including phenoxy) is 3. The third-order valence-corrected chi connectivity index (χ3v) is 11.2. The van der Waals surface area contributed by atoms with Crippen molar-refractivity contribution in [1.82, 2.24) is 0 Å². The monoisotopic (exact) mass is 793 g/mol. The Hall–Kier alpha value is -1.59. The van der Waals surface area contributed by atoms with E-state index in [1.54, 1.807) is 0 Å². The van der Waals surface area contributed by atoms with Gasteiger partial charge in [0.1, 0.15) is 13.2 Å². The molecular weight excluding hydrogens is 697 g/mol. The summed E-state index contributed by atoms with van der Waals surface area (Å²) in [6.45, 7) is 11.3. The van der Waals surface area contributed by atoms with Crippen LogP contribution in [0.3, 0.4) is 0 Å². The second-order valence-corrected chi connectivity index (χ2v) is 18.1. The molecule has 0 aromatic heterocycles. The molecular formula is C50H96O6. The SMILES string of the molecule is CCCCCCCCCCCCC(=O)O[C@H](COC(=O)CCCCCCCCCCCCCCCCC(C)C)COC(=O)CCCCCCCCCCC(C)C. The van der Waals surface area contributed by atoms with Gasteiger partial charge in [-0.25, -0.2) is 0 Å². The van der Waals surface area contributed by atoms with Crippen molar-refractivity contribution < 1.29 is 28.6 Å². The molecule has 56 heavy (non-hydrogen) atoms. The lowest BCUT2D eigenvalue weighted by Gasteiger charge is -2.18. The lowest BCUT2D eigenvalue weighted by atomic mass is 10.0. The number of carbonyl (C=O) groups is 3. The summed E-state index contributed by atoms with van der Waals surface area (Å²) >= 11 is 0. The van der Waals surface area contributed by atoms with Crippen LogP contribution in [0.1, 0.15) is 272 Å². The molecule has 332 valence electrons. The highest BCUT2D eigenvalue weighted by molar-refractivity contribution is 5.71. The van der Waals surface area contributed by atoms with Crippen LogP contribution in [-0.2, 0) is 28.6 Å². The maximum Gasteiger partial charge on any atom is 0.306 e. The minimum atomic E-state index is -0.760. The first-order valence-electron chi connectivity index (χ1n) is 24.7. The summed E-state index contributed by atoms with van der Waals surface area (Å²) in [6.07, 6.45) is 42.4. The van der Waals surface area contributed by atoms with E-state index in [0.717, 1.165) is 69.6 Å². The van der Waals surface area contributed by atoms with Crippen LogP contribution in [0.2, 0.25) is 0 Å². The third-order valence-electron chi connectivity index (χ3n) is 11.2. The molecule has 0 saturated carbocycles. The summed E-state index contributed by atoms with van der Waals surface area (Å²) in [4.78, 5) is 37.8. The molecule has 6 nitrogen and oxygen atoms in total. The van der Waals surface area contributed by atoms with Crippen LogP contribution in [0.5, 0.6) is 0 Å². The molecule has 0 spiro atoms. The minimum absolute atomic E-state index is 0.0643. The Morgan fingerprint density at radius 3 is 0.875 bits per heavy atom. The van der Waals surface area contributed by atoms with Gasteiger partial charge in [-0.1, -0.05) is 234 Å². The lowest BCUT2D eigenvalue weighted by Crippen LogP contribution is -2.30. The number of carbonyl (C=O) groups excluding carboxylic acids is 3. The average Bonchev–Trinajstić information content (AvgIpc) is 3.16. The zero-order chi connectivity index (χ0) is 41.2. The van der Waals surface area contributed by atoms with E-state index in [9.17, 15) is 14.4 Å². The Kier molecular flexibility index (Phi) is 41.8.